The van der Waals surface area contributed by atoms with Crippen LogP contribution < -0.4 is 9.46 Å². The molecule has 0 radical (unpaired) electrons. The number of carbonyl (C=O) groups is 1. The lowest BCUT2D eigenvalue weighted by molar-refractivity contribution is -0.143. The quantitative estimate of drug-likeness (QED) is 0.688. The van der Waals surface area contributed by atoms with Crippen LogP contribution in [0.5, 0.6) is 5.75 Å². The van der Waals surface area contributed by atoms with Gasteiger partial charge < -0.3 is 9.84 Å². The first-order valence-corrected chi connectivity index (χ1v) is 10.9. The van der Waals surface area contributed by atoms with Crippen molar-refractivity contribution < 1.29 is 23.1 Å². The molecule has 1 aliphatic rings. The molecule has 6 nitrogen and oxygen atoms in total. The predicted molar refractivity (Wildman–Crippen MR) is 107 cm³/mol. The van der Waals surface area contributed by atoms with Crippen LogP contribution in [0.4, 0.5) is 5.69 Å². The molecule has 2 aromatic rings. The van der Waals surface area contributed by atoms with Crippen molar-refractivity contribution in [2.24, 2.45) is 11.8 Å². The Morgan fingerprint density at radius 3 is 2.43 bits per heavy atom. The summed E-state index contributed by atoms with van der Waals surface area (Å²) in [6.45, 7) is 0.382. The van der Waals surface area contributed by atoms with Crippen molar-refractivity contribution in [2.45, 2.75) is 30.6 Å². The zero-order chi connectivity index (χ0) is 20.1. The molecule has 1 fully saturated rings. The number of sulfonamides is 1. The van der Waals surface area contributed by atoms with Crippen LogP contribution in [0, 0.1) is 11.8 Å². The molecule has 0 atom stereocenters. The van der Waals surface area contributed by atoms with Crippen molar-refractivity contribution in [3.05, 3.63) is 53.6 Å². The molecule has 3 rings (SSSR count). The number of ether oxygens (including phenoxy) is 1. The standard InChI is InChI=1S/C20H22ClNO5S/c21-16-10-11-18(22-28(25,26)17-4-2-1-3-5-17)19(12-16)27-13-14-6-8-15(9-7-14)20(23)24/h1-5,10-12,14-15,22H,6-9,13H2,(H,23,24)/t14-,15-. The molecule has 0 bridgehead atoms. The summed E-state index contributed by atoms with van der Waals surface area (Å²) in [5.74, 6) is -0.442. The van der Waals surface area contributed by atoms with Crippen LogP contribution in [-0.4, -0.2) is 26.1 Å². The van der Waals surface area contributed by atoms with E-state index in [1.165, 1.54) is 12.1 Å². The molecule has 1 saturated carbocycles. The number of benzene rings is 2. The van der Waals surface area contributed by atoms with Gasteiger partial charge in [-0.15, -0.1) is 0 Å². The van der Waals surface area contributed by atoms with Crippen LogP contribution in [0.3, 0.4) is 0 Å². The molecule has 2 N–H and O–H groups in total. The maximum atomic E-state index is 12.6. The number of carboxylic acids is 1. The second-order valence-corrected chi connectivity index (χ2v) is 9.04. The summed E-state index contributed by atoms with van der Waals surface area (Å²) < 4.78 is 33.6. The minimum atomic E-state index is -3.75. The van der Waals surface area contributed by atoms with Gasteiger partial charge in [0.25, 0.3) is 10.0 Å². The summed E-state index contributed by atoms with van der Waals surface area (Å²) in [5.41, 5.74) is 0.312. The smallest absolute Gasteiger partial charge is 0.306 e. The highest BCUT2D eigenvalue weighted by Gasteiger charge is 2.26. The van der Waals surface area contributed by atoms with Gasteiger partial charge in [-0.2, -0.15) is 0 Å². The fourth-order valence-electron chi connectivity index (χ4n) is 3.29. The van der Waals surface area contributed by atoms with Crippen molar-refractivity contribution in [3.63, 3.8) is 0 Å². The van der Waals surface area contributed by atoms with Crippen LogP contribution in [0.2, 0.25) is 5.02 Å². The van der Waals surface area contributed by atoms with E-state index in [0.29, 0.717) is 35.9 Å². The first-order chi connectivity index (χ1) is 13.3. The van der Waals surface area contributed by atoms with Gasteiger partial charge in [0.2, 0.25) is 0 Å². The van der Waals surface area contributed by atoms with E-state index in [9.17, 15) is 13.2 Å². The molecule has 0 saturated heterocycles. The van der Waals surface area contributed by atoms with Gasteiger partial charge in [-0.3, -0.25) is 9.52 Å². The van der Waals surface area contributed by atoms with E-state index in [1.807, 2.05) is 0 Å². The van der Waals surface area contributed by atoms with Gasteiger partial charge in [-0.05, 0) is 55.9 Å². The Balaban J connectivity index is 1.69. The second-order valence-electron chi connectivity index (χ2n) is 6.93. The highest BCUT2D eigenvalue weighted by molar-refractivity contribution is 7.92. The number of anilines is 1. The highest BCUT2D eigenvalue weighted by atomic mass is 35.5. The van der Waals surface area contributed by atoms with Crippen molar-refractivity contribution in [3.8, 4) is 5.75 Å². The molecule has 1 aliphatic carbocycles. The van der Waals surface area contributed by atoms with Gasteiger partial charge in [0.05, 0.1) is 23.1 Å². The van der Waals surface area contributed by atoms with E-state index < -0.39 is 16.0 Å². The molecule has 2 aromatic carbocycles. The molecular formula is C20H22ClNO5S. The third kappa shape index (κ3) is 5.17. The second kappa shape index (κ2) is 8.84. The normalized spacial score (nSPS) is 19.8. The fourth-order valence-corrected chi connectivity index (χ4v) is 4.54. The lowest BCUT2D eigenvalue weighted by Gasteiger charge is -2.26. The Labute approximate surface area is 169 Å². The molecule has 0 unspecified atom stereocenters. The number of hydrogen-bond donors (Lipinski definition) is 2. The minimum Gasteiger partial charge on any atom is -0.491 e. The van der Waals surface area contributed by atoms with Gasteiger partial charge in [-0.1, -0.05) is 29.8 Å². The maximum absolute atomic E-state index is 12.6. The average molecular weight is 424 g/mol. The maximum Gasteiger partial charge on any atom is 0.306 e. The molecule has 0 aliphatic heterocycles. The number of carboxylic acid groups (broad SMARTS) is 1. The Bertz CT molecular complexity index is 925. The van der Waals surface area contributed by atoms with E-state index in [-0.39, 0.29) is 16.7 Å². The fraction of sp³-hybridized carbons (Fsp3) is 0.350. The zero-order valence-electron chi connectivity index (χ0n) is 15.2. The third-order valence-corrected chi connectivity index (χ3v) is 6.53. The van der Waals surface area contributed by atoms with Gasteiger partial charge in [0.15, 0.2) is 0 Å². The summed E-state index contributed by atoms with van der Waals surface area (Å²) >= 11 is 6.06. The number of nitrogens with one attached hydrogen (secondary N) is 1. The SMILES string of the molecule is O=C(O)[C@H]1CC[C@H](COc2cc(Cl)ccc2NS(=O)(=O)c2ccccc2)CC1. The largest absolute Gasteiger partial charge is 0.491 e. The highest BCUT2D eigenvalue weighted by Crippen LogP contribution is 2.33. The summed E-state index contributed by atoms with van der Waals surface area (Å²) in [6.07, 6.45) is 2.80. The predicted octanol–water partition coefficient (Wildman–Crippen LogP) is 4.41. The lowest BCUT2D eigenvalue weighted by Crippen LogP contribution is -2.24. The Kier molecular flexibility index (Phi) is 6.46. The Morgan fingerprint density at radius 1 is 1.11 bits per heavy atom. The summed E-state index contributed by atoms with van der Waals surface area (Å²) in [5, 5.41) is 9.53. The number of halogens is 1. The monoisotopic (exact) mass is 423 g/mol. The van der Waals surface area contributed by atoms with Crippen LogP contribution in [0.1, 0.15) is 25.7 Å². The molecule has 0 spiro atoms. The van der Waals surface area contributed by atoms with E-state index in [2.05, 4.69) is 4.72 Å². The molecule has 0 amide bonds. The van der Waals surface area contributed by atoms with Gasteiger partial charge in [0.1, 0.15) is 5.75 Å². The van der Waals surface area contributed by atoms with Crippen molar-refractivity contribution in [2.75, 3.05) is 11.3 Å². The molecular weight excluding hydrogens is 402 g/mol. The molecule has 150 valence electrons. The molecule has 8 heteroatoms. The van der Waals surface area contributed by atoms with Crippen LogP contribution in [0.25, 0.3) is 0 Å². The third-order valence-electron chi connectivity index (χ3n) is 4.91. The topological polar surface area (TPSA) is 92.7 Å². The number of hydrogen-bond acceptors (Lipinski definition) is 4. The van der Waals surface area contributed by atoms with Gasteiger partial charge in [-0.25, -0.2) is 8.42 Å². The van der Waals surface area contributed by atoms with E-state index in [1.54, 1.807) is 36.4 Å². The minimum absolute atomic E-state index is 0.155. The number of aliphatic carboxylic acids is 1. The van der Waals surface area contributed by atoms with Crippen molar-refractivity contribution in [1.29, 1.82) is 0 Å². The van der Waals surface area contributed by atoms with E-state index in [4.69, 9.17) is 21.4 Å². The van der Waals surface area contributed by atoms with Crippen molar-refractivity contribution in [1.82, 2.24) is 0 Å². The Morgan fingerprint density at radius 2 is 1.79 bits per heavy atom. The first-order valence-electron chi connectivity index (χ1n) is 9.08. The van der Waals surface area contributed by atoms with Gasteiger partial charge >= 0.3 is 5.97 Å². The van der Waals surface area contributed by atoms with Crippen LogP contribution in [0.15, 0.2) is 53.4 Å². The first kappa shape index (κ1) is 20.5. The molecule has 28 heavy (non-hydrogen) atoms. The van der Waals surface area contributed by atoms with Crippen LogP contribution >= 0.6 is 11.6 Å². The summed E-state index contributed by atoms with van der Waals surface area (Å²) in [4.78, 5) is 11.2. The van der Waals surface area contributed by atoms with Gasteiger partial charge in [0, 0.05) is 11.1 Å². The summed E-state index contributed by atoms with van der Waals surface area (Å²) in [7, 11) is -3.75. The molecule has 0 heterocycles. The Hall–Kier alpha value is -2.25. The van der Waals surface area contributed by atoms with Crippen LogP contribution in [-0.2, 0) is 14.8 Å². The lowest BCUT2D eigenvalue weighted by atomic mass is 9.82. The zero-order valence-corrected chi connectivity index (χ0v) is 16.7. The van der Waals surface area contributed by atoms with Crippen molar-refractivity contribution >= 4 is 33.3 Å². The summed E-state index contributed by atoms with van der Waals surface area (Å²) in [6, 6.07) is 12.8. The average Bonchev–Trinajstić information content (AvgIpc) is 2.69. The molecule has 0 aromatic heterocycles. The number of rotatable bonds is 7. The van der Waals surface area contributed by atoms with E-state index in [0.717, 1.165) is 12.8 Å². The van der Waals surface area contributed by atoms with E-state index >= 15 is 0 Å².